The highest BCUT2D eigenvalue weighted by atomic mass is 19.3. The lowest BCUT2D eigenvalue weighted by molar-refractivity contribution is -0.0652. The van der Waals surface area contributed by atoms with Gasteiger partial charge in [0.05, 0.1) is 24.8 Å². The molecule has 0 N–H and O–H groups in total. The maximum absolute atomic E-state index is 13.2. The van der Waals surface area contributed by atoms with Crippen LogP contribution in [0.1, 0.15) is 26.7 Å². The number of hydrogen-bond acceptors (Lipinski definition) is 2. The van der Waals surface area contributed by atoms with Crippen LogP contribution in [0, 0.1) is 0 Å². The fourth-order valence-corrected chi connectivity index (χ4v) is 2.39. The second-order valence-corrected chi connectivity index (χ2v) is 4.79. The van der Waals surface area contributed by atoms with Crippen molar-refractivity contribution in [3.63, 3.8) is 0 Å². The van der Waals surface area contributed by atoms with Crippen LogP contribution in [0.3, 0.4) is 0 Å². The summed E-state index contributed by atoms with van der Waals surface area (Å²) >= 11 is 0. The molecule has 0 radical (unpaired) electrons. The van der Waals surface area contributed by atoms with Gasteiger partial charge in [-0.15, -0.1) is 0 Å². The Kier molecular flexibility index (Phi) is 2.31. The molecule has 0 aliphatic carbocycles. The summed E-state index contributed by atoms with van der Waals surface area (Å²) in [7, 11) is 0. The van der Waals surface area contributed by atoms with Gasteiger partial charge in [-0.05, 0) is 20.3 Å². The predicted octanol–water partition coefficient (Wildman–Crippen LogP) is 1.89. The van der Waals surface area contributed by atoms with E-state index < -0.39 is 5.92 Å². The van der Waals surface area contributed by atoms with E-state index >= 15 is 0 Å². The Hall–Kier alpha value is -0.220. The zero-order valence-electron chi connectivity index (χ0n) is 8.72. The van der Waals surface area contributed by atoms with Gasteiger partial charge in [-0.2, -0.15) is 0 Å². The average Bonchev–Trinajstić information content (AvgIpc) is 2.22. The molecule has 2 rings (SSSR count). The third kappa shape index (κ3) is 1.65. The summed E-state index contributed by atoms with van der Waals surface area (Å²) in [5.41, 5.74) is -0.340. The molecule has 0 unspecified atom stereocenters. The summed E-state index contributed by atoms with van der Waals surface area (Å²) < 4.78 is 31.8. The van der Waals surface area contributed by atoms with Crippen LogP contribution >= 0.6 is 0 Å². The molecule has 0 aromatic rings. The van der Waals surface area contributed by atoms with Crippen molar-refractivity contribution in [2.75, 3.05) is 19.7 Å². The van der Waals surface area contributed by atoms with E-state index in [1.165, 1.54) is 0 Å². The van der Waals surface area contributed by atoms with Crippen LogP contribution in [0.4, 0.5) is 8.78 Å². The molecular formula is C10H17F2NO. The Morgan fingerprint density at radius 1 is 1.43 bits per heavy atom. The lowest BCUT2D eigenvalue weighted by Gasteiger charge is -2.47. The summed E-state index contributed by atoms with van der Waals surface area (Å²) in [5, 5.41) is 0. The monoisotopic (exact) mass is 205 g/mol. The van der Waals surface area contributed by atoms with Crippen LogP contribution in [-0.4, -0.2) is 42.2 Å². The van der Waals surface area contributed by atoms with Gasteiger partial charge in [0, 0.05) is 13.0 Å². The number of rotatable bonds is 3. The van der Waals surface area contributed by atoms with E-state index in [0.29, 0.717) is 6.61 Å². The second-order valence-electron chi connectivity index (χ2n) is 4.79. The van der Waals surface area contributed by atoms with Crippen molar-refractivity contribution in [2.45, 2.75) is 44.3 Å². The number of fused-ring (bicyclic) bond motifs is 1. The summed E-state index contributed by atoms with van der Waals surface area (Å²) in [6.45, 7) is 5.06. The first kappa shape index (κ1) is 10.3. The van der Waals surface area contributed by atoms with Gasteiger partial charge in [-0.1, -0.05) is 0 Å². The van der Waals surface area contributed by atoms with E-state index in [1.807, 2.05) is 18.7 Å². The molecule has 0 amide bonds. The molecule has 2 aliphatic heterocycles. The van der Waals surface area contributed by atoms with Gasteiger partial charge >= 0.3 is 0 Å². The van der Waals surface area contributed by atoms with Crippen LogP contribution in [0.2, 0.25) is 0 Å². The summed E-state index contributed by atoms with van der Waals surface area (Å²) in [5.74, 6) is -2.50. The van der Waals surface area contributed by atoms with Gasteiger partial charge in [0.2, 0.25) is 0 Å². The largest absolute Gasteiger partial charge is 0.377 e. The first-order valence-electron chi connectivity index (χ1n) is 5.18. The van der Waals surface area contributed by atoms with Gasteiger partial charge in [-0.25, -0.2) is 8.78 Å². The SMILES string of the molecule is CC(C)OC[C@]12CCN1CC(F)(F)C2. The Morgan fingerprint density at radius 2 is 2.14 bits per heavy atom. The van der Waals surface area contributed by atoms with Crippen molar-refractivity contribution in [3.8, 4) is 0 Å². The molecule has 0 spiro atoms. The molecule has 1 atom stereocenters. The molecule has 2 aliphatic rings. The van der Waals surface area contributed by atoms with Crippen molar-refractivity contribution in [3.05, 3.63) is 0 Å². The number of hydrogen-bond donors (Lipinski definition) is 0. The molecule has 4 heteroatoms. The quantitative estimate of drug-likeness (QED) is 0.697. The molecule has 0 aromatic heterocycles. The number of alkyl halides is 2. The maximum atomic E-state index is 13.2. The van der Waals surface area contributed by atoms with Crippen LogP contribution in [0.15, 0.2) is 0 Å². The van der Waals surface area contributed by atoms with Crippen LogP contribution in [0.25, 0.3) is 0 Å². The first-order chi connectivity index (χ1) is 6.44. The standard InChI is InChI=1S/C10H17F2NO/c1-8(2)14-7-9-3-4-13(9)6-10(11,12)5-9/h8H,3-7H2,1-2H3/t9-/m1/s1. The average molecular weight is 205 g/mol. The van der Waals surface area contributed by atoms with E-state index in [-0.39, 0.29) is 24.6 Å². The number of ether oxygens (including phenoxy) is 1. The highest BCUT2D eigenvalue weighted by Gasteiger charge is 2.59. The minimum absolute atomic E-state index is 0.0211. The van der Waals surface area contributed by atoms with E-state index in [4.69, 9.17) is 4.74 Å². The summed E-state index contributed by atoms with van der Waals surface area (Å²) in [6, 6.07) is 0. The Morgan fingerprint density at radius 3 is 2.57 bits per heavy atom. The molecule has 2 saturated heterocycles. The van der Waals surface area contributed by atoms with E-state index in [9.17, 15) is 8.78 Å². The summed E-state index contributed by atoms with van der Waals surface area (Å²) in [4.78, 5) is 1.87. The van der Waals surface area contributed by atoms with Crippen LogP contribution in [-0.2, 0) is 4.74 Å². The van der Waals surface area contributed by atoms with Gasteiger partial charge in [0.1, 0.15) is 0 Å². The van der Waals surface area contributed by atoms with Gasteiger partial charge in [0.15, 0.2) is 0 Å². The molecular weight excluding hydrogens is 188 g/mol. The topological polar surface area (TPSA) is 12.5 Å². The Bertz CT molecular complexity index is 232. The molecule has 0 bridgehead atoms. The third-order valence-corrected chi connectivity index (χ3v) is 3.21. The lowest BCUT2D eigenvalue weighted by Crippen LogP contribution is -2.58. The second kappa shape index (κ2) is 3.14. The molecule has 2 nitrogen and oxygen atoms in total. The zero-order valence-corrected chi connectivity index (χ0v) is 8.72. The molecule has 2 fully saturated rings. The van der Waals surface area contributed by atoms with E-state index in [2.05, 4.69) is 0 Å². The Balaban J connectivity index is 1.96. The van der Waals surface area contributed by atoms with Crippen molar-refractivity contribution in [1.82, 2.24) is 4.90 Å². The molecule has 0 saturated carbocycles. The van der Waals surface area contributed by atoms with Gasteiger partial charge in [-0.3, -0.25) is 4.90 Å². The third-order valence-electron chi connectivity index (χ3n) is 3.21. The number of halogens is 2. The molecule has 0 aromatic carbocycles. The van der Waals surface area contributed by atoms with E-state index in [0.717, 1.165) is 13.0 Å². The smallest absolute Gasteiger partial charge is 0.262 e. The van der Waals surface area contributed by atoms with Crippen molar-refractivity contribution < 1.29 is 13.5 Å². The molecule has 2 heterocycles. The molecule has 82 valence electrons. The fourth-order valence-electron chi connectivity index (χ4n) is 2.39. The van der Waals surface area contributed by atoms with Gasteiger partial charge < -0.3 is 4.74 Å². The van der Waals surface area contributed by atoms with E-state index in [1.54, 1.807) is 0 Å². The van der Waals surface area contributed by atoms with Crippen molar-refractivity contribution in [2.24, 2.45) is 0 Å². The normalized spacial score (nSPS) is 35.8. The van der Waals surface area contributed by atoms with Gasteiger partial charge in [0.25, 0.3) is 5.92 Å². The van der Waals surface area contributed by atoms with Crippen molar-refractivity contribution in [1.29, 1.82) is 0 Å². The first-order valence-corrected chi connectivity index (χ1v) is 5.18. The highest BCUT2D eigenvalue weighted by molar-refractivity contribution is 5.09. The molecule has 14 heavy (non-hydrogen) atoms. The maximum Gasteiger partial charge on any atom is 0.262 e. The van der Waals surface area contributed by atoms with Crippen LogP contribution in [0.5, 0.6) is 0 Å². The zero-order chi connectivity index (χ0) is 10.4. The predicted molar refractivity (Wildman–Crippen MR) is 49.6 cm³/mol. The minimum atomic E-state index is -2.50. The van der Waals surface area contributed by atoms with Crippen molar-refractivity contribution >= 4 is 0 Å². The number of nitrogens with zero attached hydrogens (tertiary/aromatic N) is 1. The van der Waals surface area contributed by atoms with Crippen LogP contribution < -0.4 is 0 Å². The minimum Gasteiger partial charge on any atom is -0.377 e. The lowest BCUT2D eigenvalue weighted by atomic mass is 9.85. The Labute approximate surface area is 83.2 Å². The summed E-state index contributed by atoms with van der Waals surface area (Å²) in [6.07, 6.45) is 0.961. The fraction of sp³-hybridized carbons (Fsp3) is 1.00. The highest BCUT2D eigenvalue weighted by Crippen LogP contribution is 2.47.